The maximum Gasteiger partial charge on any atom is 0.253 e. The summed E-state index contributed by atoms with van der Waals surface area (Å²) in [5.74, 6) is 1.61. The van der Waals surface area contributed by atoms with Gasteiger partial charge in [0.15, 0.2) is 0 Å². The number of hydrogen-bond donors (Lipinski definition) is 0. The van der Waals surface area contributed by atoms with Gasteiger partial charge < -0.3 is 14.2 Å². The first-order valence-corrected chi connectivity index (χ1v) is 10.5. The average molecular weight is 426 g/mol. The summed E-state index contributed by atoms with van der Waals surface area (Å²) in [6.45, 7) is 4.70. The number of carbonyl (C=O) groups is 1. The molecule has 1 aliphatic heterocycles. The monoisotopic (exact) mass is 426 g/mol. The lowest BCUT2D eigenvalue weighted by atomic mass is 10.1. The van der Waals surface area contributed by atoms with Crippen LogP contribution in [-0.2, 0) is 0 Å². The van der Waals surface area contributed by atoms with Crippen molar-refractivity contribution in [3.63, 3.8) is 0 Å². The Hall–Kier alpha value is -4.07. The van der Waals surface area contributed by atoms with Gasteiger partial charge >= 0.3 is 0 Å². The molecule has 3 heterocycles. The van der Waals surface area contributed by atoms with E-state index < -0.39 is 0 Å². The van der Waals surface area contributed by atoms with Crippen LogP contribution in [0.5, 0.6) is 0 Å². The Morgan fingerprint density at radius 1 is 0.812 bits per heavy atom. The number of piperazine rings is 1. The highest BCUT2D eigenvalue weighted by atomic mass is 16.4. The van der Waals surface area contributed by atoms with Crippen LogP contribution in [0, 0.1) is 6.92 Å². The summed E-state index contributed by atoms with van der Waals surface area (Å²) in [6.07, 6.45) is 3.46. The molecule has 0 radical (unpaired) electrons. The lowest BCUT2D eigenvalue weighted by molar-refractivity contribution is 0.0746. The van der Waals surface area contributed by atoms with Gasteiger partial charge in [-0.1, -0.05) is 17.7 Å². The molecule has 5 rings (SSSR count). The van der Waals surface area contributed by atoms with Crippen molar-refractivity contribution in [2.24, 2.45) is 0 Å². The molecule has 1 aliphatic rings. The first-order valence-electron chi connectivity index (χ1n) is 10.5. The van der Waals surface area contributed by atoms with Gasteiger partial charge in [0.1, 0.15) is 0 Å². The lowest BCUT2D eigenvalue weighted by Gasteiger charge is -2.34. The predicted molar refractivity (Wildman–Crippen MR) is 120 cm³/mol. The zero-order chi connectivity index (χ0) is 21.9. The second-order valence-corrected chi connectivity index (χ2v) is 7.68. The molecular weight excluding hydrogens is 404 g/mol. The SMILES string of the molecule is Cc1ccc(-c2nnc(-c3ccc(C(=O)N4CCN(c5ncccn5)CC4)cc3)o2)cc1. The summed E-state index contributed by atoms with van der Waals surface area (Å²) in [5.41, 5.74) is 3.46. The van der Waals surface area contributed by atoms with Crippen LogP contribution in [0.1, 0.15) is 15.9 Å². The molecule has 1 fully saturated rings. The molecule has 0 N–H and O–H groups in total. The Labute approximate surface area is 185 Å². The number of nitrogens with zero attached hydrogens (tertiary/aromatic N) is 6. The van der Waals surface area contributed by atoms with Crippen molar-refractivity contribution in [3.8, 4) is 22.9 Å². The highest BCUT2D eigenvalue weighted by molar-refractivity contribution is 5.94. The molecule has 0 bridgehead atoms. The van der Waals surface area contributed by atoms with E-state index in [0.29, 0.717) is 49.5 Å². The second kappa shape index (κ2) is 8.58. The summed E-state index contributed by atoms with van der Waals surface area (Å²) in [6, 6.07) is 17.0. The zero-order valence-corrected chi connectivity index (χ0v) is 17.7. The zero-order valence-electron chi connectivity index (χ0n) is 17.7. The van der Waals surface area contributed by atoms with Crippen LogP contribution in [0.15, 0.2) is 71.4 Å². The molecule has 2 aromatic heterocycles. The summed E-state index contributed by atoms with van der Waals surface area (Å²) in [7, 11) is 0. The minimum absolute atomic E-state index is 0.0102. The van der Waals surface area contributed by atoms with E-state index in [1.807, 2.05) is 48.2 Å². The van der Waals surface area contributed by atoms with Crippen LogP contribution in [0.3, 0.4) is 0 Å². The Balaban J connectivity index is 1.24. The number of amides is 1. The van der Waals surface area contributed by atoms with Gasteiger partial charge in [0, 0.05) is 55.3 Å². The van der Waals surface area contributed by atoms with E-state index in [4.69, 9.17) is 4.42 Å². The third-order valence-corrected chi connectivity index (χ3v) is 5.50. The van der Waals surface area contributed by atoms with Gasteiger partial charge in [-0.15, -0.1) is 10.2 Å². The fraction of sp³-hybridized carbons (Fsp3) is 0.208. The fourth-order valence-electron chi connectivity index (χ4n) is 3.65. The molecule has 0 unspecified atom stereocenters. The number of anilines is 1. The van der Waals surface area contributed by atoms with E-state index in [-0.39, 0.29) is 5.91 Å². The molecule has 2 aromatic carbocycles. The van der Waals surface area contributed by atoms with Gasteiger partial charge in [-0.25, -0.2) is 9.97 Å². The quantitative estimate of drug-likeness (QED) is 0.494. The Bertz CT molecular complexity index is 1200. The molecule has 8 nitrogen and oxygen atoms in total. The normalized spacial score (nSPS) is 13.9. The van der Waals surface area contributed by atoms with E-state index in [1.54, 1.807) is 30.6 Å². The van der Waals surface area contributed by atoms with Crippen molar-refractivity contribution in [2.75, 3.05) is 31.1 Å². The van der Waals surface area contributed by atoms with Crippen LogP contribution in [0.4, 0.5) is 5.95 Å². The number of aryl methyl sites for hydroxylation is 1. The first kappa shape index (κ1) is 19.9. The van der Waals surface area contributed by atoms with E-state index in [0.717, 1.165) is 11.1 Å². The maximum absolute atomic E-state index is 12.9. The molecule has 0 spiro atoms. The first-order chi connectivity index (χ1) is 15.7. The standard InChI is InChI=1S/C24H22N6O2/c1-17-3-5-18(6-4-17)21-27-28-22(32-21)19-7-9-20(10-8-19)23(31)29-13-15-30(16-14-29)24-25-11-2-12-26-24/h2-12H,13-16H2,1H3. The summed E-state index contributed by atoms with van der Waals surface area (Å²) < 4.78 is 5.83. The van der Waals surface area contributed by atoms with Crippen LogP contribution < -0.4 is 4.90 Å². The van der Waals surface area contributed by atoms with Crippen molar-refractivity contribution in [2.45, 2.75) is 6.92 Å². The molecule has 1 saturated heterocycles. The summed E-state index contributed by atoms with van der Waals surface area (Å²) in [4.78, 5) is 25.5. The molecule has 0 saturated carbocycles. The average Bonchev–Trinajstić information content (AvgIpc) is 3.35. The third kappa shape index (κ3) is 4.07. The van der Waals surface area contributed by atoms with Crippen LogP contribution in [0.2, 0.25) is 0 Å². The van der Waals surface area contributed by atoms with E-state index in [1.165, 1.54) is 5.56 Å². The topological polar surface area (TPSA) is 88.3 Å². The fourth-order valence-corrected chi connectivity index (χ4v) is 3.65. The highest BCUT2D eigenvalue weighted by Gasteiger charge is 2.23. The van der Waals surface area contributed by atoms with Crippen molar-refractivity contribution in [1.29, 1.82) is 0 Å². The van der Waals surface area contributed by atoms with Gasteiger partial charge in [-0.2, -0.15) is 0 Å². The summed E-state index contributed by atoms with van der Waals surface area (Å²) >= 11 is 0. The number of carbonyl (C=O) groups excluding carboxylic acids is 1. The number of hydrogen-bond acceptors (Lipinski definition) is 7. The molecule has 4 aromatic rings. The Kier molecular flexibility index (Phi) is 5.33. The van der Waals surface area contributed by atoms with Crippen LogP contribution >= 0.6 is 0 Å². The largest absolute Gasteiger partial charge is 0.416 e. The lowest BCUT2D eigenvalue weighted by Crippen LogP contribution is -2.49. The van der Waals surface area contributed by atoms with E-state index in [2.05, 4.69) is 25.1 Å². The van der Waals surface area contributed by atoms with Gasteiger partial charge in [0.05, 0.1) is 0 Å². The van der Waals surface area contributed by atoms with Crippen LogP contribution in [0.25, 0.3) is 22.9 Å². The molecule has 1 amide bonds. The number of benzene rings is 2. The molecule has 8 heteroatoms. The smallest absolute Gasteiger partial charge is 0.253 e. The number of rotatable bonds is 4. The molecule has 32 heavy (non-hydrogen) atoms. The molecule has 0 atom stereocenters. The number of aromatic nitrogens is 4. The van der Waals surface area contributed by atoms with Crippen molar-refractivity contribution in [1.82, 2.24) is 25.1 Å². The Morgan fingerprint density at radius 3 is 1.97 bits per heavy atom. The van der Waals surface area contributed by atoms with E-state index in [9.17, 15) is 4.79 Å². The maximum atomic E-state index is 12.9. The Morgan fingerprint density at radius 2 is 1.38 bits per heavy atom. The van der Waals surface area contributed by atoms with Crippen molar-refractivity contribution >= 4 is 11.9 Å². The van der Waals surface area contributed by atoms with Crippen molar-refractivity contribution in [3.05, 3.63) is 78.1 Å². The molecular formula is C24H22N6O2. The van der Waals surface area contributed by atoms with Gasteiger partial charge in [-0.05, 0) is 49.4 Å². The predicted octanol–water partition coefficient (Wildman–Crippen LogP) is 3.46. The summed E-state index contributed by atoms with van der Waals surface area (Å²) in [5, 5.41) is 8.31. The molecule has 0 aliphatic carbocycles. The highest BCUT2D eigenvalue weighted by Crippen LogP contribution is 2.24. The minimum atomic E-state index is 0.0102. The minimum Gasteiger partial charge on any atom is -0.416 e. The second-order valence-electron chi connectivity index (χ2n) is 7.68. The van der Waals surface area contributed by atoms with Gasteiger partial charge in [0.25, 0.3) is 5.91 Å². The molecule has 160 valence electrons. The van der Waals surface area contributed by atoms with Gasteiger partial charge in [-0.3, -0.25) is 4.79 Å². The van der Waals surface area contributed by atoms with Crippen LogP contribution in [-0.4, -0.2) is 57.2 Å². The van der Waals surface area contributed by atoms with E-state index >= 15 is 0 Å². The van der Waals surface area contributed by atoms with Gasteiger partial charge in [0.2, 0.25) is 17.7 Å². The third-order valence-electron chi connectivity index (χ3n) is 5.50. The van der Waals surface area contributed by atoms with Crippen molar-refractivity contribution < 1.29 is 9.21 Å².